The third kappa shape index (κ3) is 4.14. The van der Waals surface area contributed by atoms with E-state index in [9.17, 15) is 4.79 Å². The molecule has 0 aliphatic heterocycles. The number of rotatable bonds is 6. The van der Waals surface area contributed by atoms with E-state index in [0.29, 0.717) is 21.6 Å². The summed E-state index contributed by atoms with van der Waals surface area (Å²) in [6.45, 7) is 3.77. The van der Waals surface area contributed by atoms with Gasteiger partial charge in [0.05, 0.1) is 18.0 Å². The van der Waals surface area contributed by atoms with E-state index in [1.165, 1.54) is 18.9 Å². The second-order valence-corrected chi connectivity index (χ2v) is 6.26. The Morgan fingerprint density at radius 3 is 2.95 bits per heavy atom. The molecule has 118 valence electrons. The van der Waals surface area contributed by atoms with Crippen LogP contribution in [-0.4, -0.2) is 33.4 Å². The lowest BCUT2D eigenvalue weighted by molar-refractivity contribution is -0.115. The second-order valence-electron chi connectivity index (χ2n) is 4.51. The predicted octanol–water partition coefficient (Wildman–Crippen LogP) is 3.15. The third-order valence-corrected chi connectivity index (χ3v) is 4.11. The van der Waals surface area contributed by atoms with E-state index < -0.39 is 0 Å². The largest absolute Gasteiger partial charge is 0.495 e. The lowest BCUT2D eigenvalue weighted by atomic mass is 10.3. The zero-order chi connectivity index (χ0) is 16.1. The van der Waals surface area contributed by atoms with E-state index in [2.05, 4.69) is 20.5 Å². The van der Waals surface area contributed by atoms with Crippen molar-refractivity contribution < 1.29 is 9.53 Å². The van der Waals surface area contributed by atoms with Gasteiger partial charge in [0.1, 0.15) is 11.6 Å². The number of benzene rings is 1. The summed E-state index contributed by atoms with van der Waals surface area (Å²) in [6, 6.07) is 5.06. The number of carbonyl (C=O) groups excluding carboxylic acids is 1. The van der Waals surface area contributed by atoms with Crippen LogP contribution in [0.5, 0.6) is 5.75 Å². The van der Waals surface area contributed by atoms with Gasteiger partial charge in [-0.3, -0.25) is 9.89 Å². The number of nitrogens with one attached hydrogen (secondary N) is 2. The molecular formula is C14H17ClN4O2S. The van der Waals surface area contributed by atoms with Gasteiger partial charge in [0, 0.05) is 11.4 Å². The highest BCUT2D eigenvalue weighted by molar-refractivity contribution is 8.00. The van der Waals surface area contributed by atoms with Crippen molar-refractivity contribution in [2.45, 2.75) is 30.7 Å². The van der Waals surface area contributed by atoms with E-state index in [1.807, 2.05) is 6.92 Å². The van der Waals surface area contributed by atoms with Gasteiger partial charge in [-0.1, -0.05) is 30.3 Å². The molecule has 0 radical (unpaired) electrons. The molecule has 6 nitrogen and oxygen atoms in total. The van der Waals surface area contributed by atoms with E-state index >= 15 is 0 Å². The number of carbonyl (C=O) groups is 1. The number of amides is 1. The van der Waals surface area contributed by atoms with E-state index in [0.717, 1.165) is 12.2 Å². The minimum absolute atomic E-state index is 0.173. The number of methoxy groups -OCH3 is 1. The van der Waals surface area contributed by atoms with Crippen LogP contribution in [0.1, 0.15) is 19.7 Å². The number of hydrogen-bond donors (Lipinski definition) is 2. The van der Waals surface area contributed by atoms with Gasteiger partial charge in [0.15, 0.2) is 0 Å². The molecule has 2 N–H and O–H groups in total. The van der Waals surface area contributed by atoms with Gasteiger partial charge in [-0.15, -0.1) is 5.10 Å². The lowest BCUT2D eigenvalue weighted by Gasteiger charge is -2.13. The number of anilines is 1. The molecule has 1 amide bonds. The first-order valence-electron chi connectivity index (χ1n) is 6.75. The van der Waals surface area contributed by atoms with Crippen LogP contribution < -0.4 is 10.1 Å². The van der Waals surface area contributed by atoms with Crippen molar-refractivity contribution in [3.63, 3.8) is 0 Å². The first kappa shape index (κ1) is 16.6. The molecule has 2 rings (SSSR count). The molecule has 22 heavy (non-hydrogen) atoms. The van der Waals surface area contributed by atoms with Crippen LogP contribution in [0.2, 0.25) is 5.02 Å². The highest BCUT2D eigenvalue weighted by Crippen LogP contribution is 2.29. The lowest BCUT2D eigenvalue weighted by Crippen LogP contribution is -2.22. The van der Waals surface area contributed by atoms with Crippen molar-refractivity contribution in [2.75, 3.05) is 12.4 Å². The molecule has 0 saturated heterocycles. The summed E-state index contributed by atoms with van der Waals surface area (Å²) < 4.78 is 5.21. The number of nitrogens with zero attached hydrogens (tertiary/aromatic N) is 2. The molecule has 0 aliphatic rings. The van der Waals surface area contributed by atoms with Crippen LogP contribution in [0.4, 0.5) is 5.69 Å². The minimum Gasteiger partial charge on any atom is -0.495 e. The average Bonchev–Trinajstić information content (AvgIpc) is 2.95. The van der Waals surface area contributed by atoms with Gasteiger partial charge in [0.2, 0.25) is 11.1 Å². The minimum atomic E-state index is -0.357. The summed E-state index contributed by atoms with van der Waals surface area (Å²) in [5.74, 6) is 1.18. The number of aromatic nitrogens is 3. The Balaban J connectivity index is 2.03. The zero-order valence-corrected chi connectivity index (χ0v) is 14.1. The molecule has 1 aromatic carbocycles. The number of thioether (sulfide) groups is 1. The molecule has 0 aliphatic carbocycles. The maximum absolute atomic E-state index is 12.3. The quantitative estimate of drug-likeness (QED) is 0.790. The van der Waals surface area contributed by atoms with E-state index in [-0.39, 0.29) is 11.2 Å². The highest BCUT2D eigenvalue weighted by atomic mass is 35.5. The van der Waals surface area contributed by atoms with Gasteiger partial charge in [-0.2, -0.15) is 0 Å². The van der Waals surface area contributed by atoms with Crippen LogP contribution in [-0.2, 0) is 11.2 Å². The van der Waals surface area contributed by atoms with Crippen LogP contribution in [0, 0.1) is 0 Å². The summed E-state index contributed by atoms with van der Waals surface area (Å²) in [4.78, 5) is 16.6. The molecule has 1 heterocycles. The van der Waals surface area contributed by atoms with Crippen molar-refractivity contribution in [1.82, 2.24) is 15.2 Å². The predicted molar refractivity (Wildman–Crippen MR) is 87.7 cm³/mol. The summed E-state index contributed by atoms with van der Waals surface area (Å²) in [5.41, 5.74) is 0.539. The Hall–Kier alpha value is -1.73. The van der Waals surface area contributed by atoms with Crippen molar-refractivity contribution in [1.29, 1.82) is 0 Å². The summed E-state index contributed by atoms with van der Waals surface area (Å²) in [7, 11) is 1.54. The molecule has 2 aromatic rings. The average molecular weight is 341 g/mol. The monoisotopic (exact) mass is 340 g/mol. The van der Waals surface area contributed by atoms with E-state index in [1.54, 1.807) is 25.1 Å². The fourth-order valence-electron chi connectivity index (χ4n) is 1.71. The van der Waals surface area contributed by atoms with Crippen molar-refractivity contribution in [3.05, 3.63) is 29.0 Å². The molecule has 0 fully saturated rings. The fraction of sp³-hybridized carbons (Fsp3) is 0.357. The van der Waals surface area contributed by atoms with Gasteiger partial charge >= 0.3 is 0 Å². The highest BCUT2D eigenvalue weighted by Gasteiger charge is 2.18. The third-order valence-electron chi connectivity index (χ3n) is 2.92. The Kier molecular flexibility index (Phi) is 5.68. The van der Waals surface area contributed by atoms with Crippen LogP contribution in [0.15, 0.2) is 23.4 Å². The van der Waals surface area contributed by atoms with E-state index in [4.69, 9.17) is 16.3 Å². The van der Waals surface area contributed by atoms with Gasteiger partial charge in [-0.25, -0.2) is 4.98 Å². The Morgan fingerprint density at radius 1 is 1.55 bits per heavy atom. The maximum Gasteiger partial charge on any atom is 0.237 e. The van der Waals surface area contributed by atoms with Gasteiger partial charge in [-0.05, 0) is 25.1 Å². The SMILES string of the molecule is CCc1nc(SC(C)C(=O)Nc2cc(Cl)ccc2OC)n[nH]1. The van der Waals surface area contributed by atoms with Crippen molar-refractivity contribution >= 4 is 35.0 Å². The Morgan fingerprint density at radius 2 is 2.32 bits per heavy atom. The first-order chi connectivity index (χ1) is 10.5. The number of aromatic amines is 1. The van der Waals surface area contributed by atoms with Crippen LogP contribution in [0.25, 0.3) is 0 Å². The standard InChI is InChI=1S/C14H17ClN4O2S/c1-4-12-17-14(19-18-12)22-8(2)13(20)16-10-7-9(15)5-6-11(10)21-3/h5-8H,4H2,1-3H3,(H,16,20)(H,17,18,19). The second kappa shape index (κ2) is 7.51. The molecule has 0 bridgehead atoms. The zero-order valence-electron chi connectivity index (χ0n) is 12.5. The smallest absolute Gasteiger partial charge is 0.237 e. The van der Waals surface area contributed by atoms with Gasteiger partial charge in [0.25, 0.3) is 0 Å². The summed E-state index contributed by atoms with van der Waals surface area (Å²) >= 11 is 7.23. The molecule has 0 spiro atoms. The normalized spacial score (nSPS) is 12.0. The molecule has 8 heteroatoms. The van der Waals surface area contributed by atoms with Gasteiger partial charge < -0.3 is 10.1 Å². The first-order valence-corrected chi connectivity index (χ1v) is 8.01. The number of aryl methyl sites for hydroxylation is 1. The van der Waals surface area contributed by atoms with Crippen LogP contribution in [0.3, 0.4) is 0 Å². The molecular weight excluding hydrogens is 324 g/mol. The maximum atomic E-state index is 12.3. The summed E-state index contributed by atoms with van der Waals surface area (Å²) in [5, 5.41) is 10.4. The molecule has 1 atom stereocenters. The topological polar surface area (TPSA) is 79.9 Å². The molecule has 1 aromatic heterocycles. The fourth-order valence-corrected chi connectivity index (χ4v) is 2.63. The van der Waals surface area contributed by atoms with Crippen molar-refractivity contribution in [3.8, 4) is 5.75 Å². The number of hydrogen-bond acceptors (Lipinski definition) is 5. The Labute approximate surface area is 138 Å². The molecule has 0 saturated carbocycles. The van der Waals surface area contributed by atoms with Crippen molar-refractivity contribution in [2.24, 2.45) is 0 Å². The number of H-pyrrole nitrogens is 1. The van der Waals surface area contributed by atoms with Crippen LogP contribution >= 0.6 is 23.4 Å². The molecule has 1 unspecified atom stereocenters. The summed E-state index contributed by atoms with van der Waals surface area (Å²) in [6.07, 6.45) is 0.772. The number of halogens is 1. The number of ether oxygens (including phenoxy) is 1. The Bertz CT molecular complexity index is 662.